The molecule has 1 aliphatic heterocycles. The molecule has 0 saturated heterocycles. The average molecular weight is 316 g/mol. The Labute approximate surface area is 132 Å². The first-order chi connectivity index (χ1) is 10.5. The summed E-state index contributed by atoms with van der Waals surface area (Å²) in [7, 11) is 1.77. The first-order valence-corrected chi connectivity index (χ1v) is 7.90. The van der Waals surface area contributed by atoms with Crippen molar-refractivity contribution < 1.29 is 9.59 Å². The van der Waals surface area contributed by atoms with Crippen LogP contribution in [0.25, 0.3) is 0 Å². The number of aromatic nitrogens is 2. The molecule has 1 aromatic carbocycles. The van der Waals surface area contributed by atoms with Crippen LogP contribution in [0.15, 0.2) is 29.2 Å². The highest BCUT2D eigenvalue weighted by atomic mass is 32.2. The van der Waals surface area contributed by atoms with Crippen molar-refractivity contribution in [2.75, 3.05) is 16.4 Å². The van der Waals surface area contributed by atoms with Gasteiger partial charge >= 0.3 is 0 Å². The van der Waals surface area contributed by atoms with E-state index in [0.29, 0.717) is 23.5 Å². The SMILES string of the molecule is Cc1cc(NC(=O)c2ccc3c(c2)NC(=O)CCS3)n(C)n1. The predicted octanol–water partition coefficient (Wildman–Crippen LogP) is 2.42. The molecule has 1 aliphatic rings. The third-order valence-corrected chi connectivity index (χ3v) is 4.42. The highest BCUT2D eigenvalue weighted by Gasteiger charge is 2.16. The highest BCUT2D eigenvalue weighted by Crippen LogP contribution is 2.31. The van der Waals surface area contributed by atoms with Crippen molar-refractivity contribution in [2.45, 2.75) is 18.2 Å². The number of nitrogens with one attached hydrogen (secondary N) is 2. The van der Waals surface area contributed by atoms with Gasteiger partial charge in [-0.15, -0.1) is 11.8 Å². The number of hydrogen-bond donors (Lipinski definition) is 2. The van der Waals surface area contributed by atoms with Crippen molar-refractivity contribution in [2.24, 2.45) is 7.05 Å². The second kappa shape index (κ2) is 5.84. The fraction of sp³-hybridized carbons (Fsp3) is 0.267. The minimum Gasteiger partial charge on any atom is -0.325 e. The number of rotatable bonds is 2. The molecule has 2 amide bonds. The Hall–Kier alpha value is -2.28. The van der Waals surface area contributed by atoms with Crippen LogP contribution in [0.3, 0.4) is 0 Å². The average Bonchev–Trinajstić information content (AvgIpc) is 2.68. The maximum atomic E-state index is 12.4. The third kappa shape index (κ3) is 2.99. The largest absolute Gasteiger partial charge is 0.325 e. The molecule has 114 valence electrons. The van der Waals surface area contributed by atoms with E-state index in [0.717, 1.165) is 16.3 Å². The Morgan fingerprint density at radius 3 is 2.95 bits per heavy atom. The monoisotopic (exact) mass is 316 g/mol. The summed E-state index contributed by atoms with van der Waals surface area (Å²) >= 11 is 1.61. The van der Waals surface area contributed by atoms with Gasteiger partial charge in [-0.3, -0.25) is 14.3 Å². The Balaban J connectivity index is 1.84. The lowest BCUT2D eigenvalue weighted by molar-refractivity contribution is -0.115. The van der Waals surface area contributed by atoms with Crippen molar-refractivity contribution in [3.05, 3.63) is 35.5 Å². The Bertz CT molecular complexity index is 754. The van der Waals surface area contributed by atoms with Gasteiger partial charge in [0.1, 0.15) is 5.82 Å². The van der Waals surface area contributed by atoms with Gasteiger partial charge in [0.25, 0.3) is 5.91 Å². The standard InChI is InChI=1S/C15H16N4O2S/c1-9-7-13(19(2)18-9)17-15(21)10-3-4-12-11(8-10)16-14(20)5-6-22-12/h3-4,7-8H,5-6H2,1-2H3,(H,16,20)(H,17,21). The Morgan fingerprint density at radius 1 is 1.41 bits per heavy atom. The molecule has 7 heteroatoms. The molecule has 0 saturated carbocycles. The molecule has 0 spiro atoms. The lowest BCUT2D eigenvalue weighted by atomic mass is 10.2. The number of amides is 2. The summed E-state index contributed by atoms with van der Waals surface area (Å²) in [5.74, 6) is 1.13. The van der Waals surface area contributed by atoms with E-state index in [9.17, 15) is 9.59 Å². The topological polar surface area (TPSA) is 76.0 Å². The molecular formula is C15H16N4O2S. The van der Waals surface area contributed by atoms with E-state index < -0.39 is 0 Å². The highest BCUT2D eigenvalue weighted by molar-refractivity contribution is 7.99. The summed E-state index contributed by atoms with van der Waals surface area (Å²) in [6, 6.07) is 7.15. The summed E-state index contributed by atoms with van der Waals surface area (Å²) in [6.07, 6.45) is 0.481. The Kier molecular flexibility index (Phi) is 3.89. The van der Waals surface area contributed by atoms with Gasteiger partial charge < -0.3 is 10.6 Å². The smallest absolute Gasteiger partial charge is 0.256 e. The molecule has 0 aliphatic carbocycles. The molecule has 2 heterocycles. The molecule has 2 N–H and O–H groups in total. The van der Waals surface area contributed by atoms with E-state index in [1.54, 1.807) is 41.7 Å². The van der Waals surface area contributed by atoms with Crippen LogP contribution in [-0.2, 0) is 11.8 Å². The zero-order valence-electron chi connectivity index (χ0n) is 12.3. The molecule has 1 aromatic heterocycles. The quantitative estimate of drug-likeness (QED) is 0.892. The van der Waals surface area contributed by atoms with Gasteiger partial charge in [0, 0.05) is 35.7 Å². The van der Waals surface area contributed by atoms with Gasteiger partial charge in [-0.1, -0.05) is 0 Å². The number of carbonyl (C=O) groups excluding carboxylic acids is 2. The van der Waals surface area contributed by atoms with Gasteiger partial charge in [-0.05, 0) is 25.1 Å². The lowest BCUT2D eigenvalue weighted by Crippen LogP contribution is -2.15. The van der Waals surface area contributed by atoms with Crippen LogP contribution in [0.1, 0.15) is 22.5 Å². The molecule has 22 heavy (non-hydrogen) atoms. The zero-order chi connectivity index (χ0) is 15.7. The first-order valence-electron chi connectivity index (χ1n) is 6.91. The van der Waals surface area contributed by atoms with E-state index in [4.69, 9.17) is 0 Å². The van der Waals surface area contributed by atoms with E-state index in [2.05, 4.69) is 15.7 Å². The van der Waals surface area contributed by atoms with Crippen LogP contribution in [0, 0.1) is 6.92 Å². The van der Waals surface area contributed by atoms with Gasteiger partial charge in [-0.2, -0.15) is 5.10 Å². The van der Waals surface area contributed by atoms with Gasteiger partial charge in [0.2, 0.25) is 5.91 Å². The number of fused-ring (bicyclic) bond motifs is 1. The molecule has 6 nitrogen and oxygen atoms in total. The summed E-state index contributed by atoms with van der Waals surface area (Å²) < 4.78 is 1.62. The fourth-order valence-corrected chi connectivity index (χ4v) is 3.21. The zero-order valence-corrected chi connectivity index (χ0v) is 13.2. The van der Waals surface area contributed by atoms with E-state index in [-0.39, 0.29) is 11.8 Å². The summed E-state index contributed by atoms with van der Waals surface area (Å²) in [6.45, 7) is 1.87. The van der Waals surface area contributed by atoms with Gasteiger partial charge in [-0.25, -0.2) is 0 Å². The number of nitrogens with zero attached hydrogens (tertiary/aromatic N) is 2. The number of hydrogen-bond acceptors (Lipinski definition) is 4. The molecule has 0 fully saturated rings. The lowest BCUT2D eigenvalue weighted by Gasteiger charge is -2.09. The van der Waals surface area contributed by atoms with Crippen LogP contribution >= 0.6 is 11.8 Å². The van der Waals surface area contributed by atoms with E-state index >= 15 is 0 Å². The second-order valence-corrected chi connectivity index (χ2v) is 6.24. The van der Waals surface area contributed by atoms with Crippen molar-refractivity contribution in [3.63, 3.8) is 0 Å². The van der Waals surface area contributed by atoms with E-state index in [1.807, 2.05) is 13.0 Å². The maximum Gasteiger partial charge on any atom is 0.256 e. The minimum absolute atomic E-state index is 0.0222. The van der Waals surface area contributed by atoms with Crippen molar-refractivity contribution in [3.8, 4) is 0 Å². The summed E-state index contributed by atoms with van der Waals surface area (Å²) in [4.78, 5) is 25.0. The van der Waals surface area contributed by atoms with Crippen molar-refractivity contribution in [1.29, 1.82) is 0 Å². The minimum atomic E-state index is -0.228. The van der Waals surface area contributed by atoms with Crippen LogP contribution in [-0.4, -0.2) is 27.3 Å². The first kappa shape index (κ1) is 14.6. The predicted molar refractivity (Wildman–Crippen MR) is 86.3 cm³/mol. The molecular weight excluding hydrogens is 300 g/mol. The normalized spacial score (nSPS) is 14.0. The van der Waals surface area contributed by atoms with Crippen LogP contribution in [0.2, 0.25) is 0 Å². The van der Waals surface area contributed by atoms with Crippen LogP contribution in [0.5, 0.6) is 0 Å². The number of aryl methyl sites for hydroxylation is 2. The number of anilines is 2. The van der Waals surface area contributed by atoms with Crippen LogP contribution < -0.4 is 10.6 Å². The van der Waals surface area contributed by atoms with Crippen LogP contribution in [0.4, 0.5) is 11.5 Å². The molecule has 2 aromatic rings. The fourth-order valence-electron chi connectivity index (χ4n) is 2.28. The Morgan fingerprint density at radius 2 is 2.23 bits per heavy atom. The second-order valence-electron chi connectivity index (χ2n) is 5.11. The van der Waals surface area contributed by atoms with Gasteiger partial charge in [0.15, 0.2) is 0 Å². The molecule has 0 bridgehead atoms. The molecule has 3 rings (SSSR count). The summed E-state index contributed by atoms with van der Waals surface area (Å²) in [5.41, 5.74) is 2.03. The van der Waals surface area contributed by atoms with Crippen molar-refractivity contribution >= 4 is 35.1 Å². The molecule has 0 unspecified atom stereocenters. The van der Waals surface area contributed by atoms with Gasteiger partial charge in [0.05, 0.1) is 11.4 Å². The third-order valence-electron chi connectivity index (χ3n) is 3.35. The van der Waals surface area contributed by atoms with Crippen molar-refractivity contribution in [1.82, 2.24) is 9.78 Å². The van der Waals surface area contributed by atoms with E-state index in [1.165, 1.54) is 0 Å². The number of carbonyl (C=O) groups is 2. The number of benzene rings is 1. The molecule has 0 atom stereocenters. The maximum absolute atomic E-state index is 12.4. The molecule has 0 radical (unpaired) electrons. The summed E-state index contributed by atoms with van der Waals surface area (Å²) in [5, 5.41) is 9.85. The number of thioether (sulfide) groups is 1.